The Kier molecular flexibility index (Phi) is 3.58. The molecule has 0 fully saturated rings. The van der Waals surface area contributed by atoms with Crippen LogP contribution in [0.1, 0.15) is 10.4 Å². The van der Waals surface area contributed by atoms with Crippen molar-refractivity contribution in [3.05, 3.63) is 29.8 Å². The summed E-state index contributed by atoms with van der Waals surface area (Å²) in [4.78, 5) is 11.2. The lowest BCUT2D eigenvalue weighted by Crippen LogP contribution is -2.06. The van der Waals surface area contributed by atoms with Crippen molar-refractivity contribution in [1.29, 1.82) is 0 Å². The highest BCUT2D eigenvalue weighted by Gasteiger charge is 2.04. The zero-order chi connectivity index (χ0) is 9.68. The first-order valence-corrected chi connectivity index (χ1v) is 4.36. The van der Waals surface area contributed by atoms with E-state index in [1.807, 2.05) is 0 Å². The summed E-state index contributed by atoms with van der Waals surface area (Å²) < 4.78 is 4.81. The number of hydrogen-bond donors (Lipinski definition) is 1. The number of alkyl halides is 1. The van der Waals surface area contributed by atoms with Gasteiger partial charge in [0.25, 0.3) is 0 Å². The number of benzene rings is 1. The minimum Gasteiger partial charge on any atom is -0.461 e. The average molecular weight is 200 g/mol. The molecule has 1 rings (SSSR count). The van der Waals surface area contributed by atoms with Gasteiger partial charge in [-0.25, -0.2) is 4.79 Å². The van der Waals surface area contributed by atoms with Gasteiger partial charge < -0.3 is 10.5 Å². The molecule has 1 aromatic carbocycles. The van der Waals surface area contributed by atoms with Crippen LogP contribution in [0.25, 0.3) is 0 Å². The number of esters is 1. The first kappa shape index (κ1) is 9.86. The smallest absolute Gasteiger partial charge is 0.338 e. The van der Waals surface area contributed by atoms with Crippen molar-refractivity contribution in [2.75, 3.05) is 18.2 Å². The van der Waals surface area contributed by atoms with Gasteiger partial charge in [-0.15, -0.1) is 11.6 Å². The average Bonchev–Trinajstić information content (AvgIpc) is 2.15. The highest BCUT2D eigenvalue weighted by Crippen LogP contribution is 2.06. The first-order chi connectivity index (χ1) is 6.24. The minimum absolute atomic E-state index is 0.227. The number of halogens is 1. The molecule has 3 nitrogen and oxygen atoms in total. The molecule has 4 heteroatoms. The molecule has 2 N–H and O–H groups in total. The maximum absolute atomic E-state index is 11.2. The Balaban J connectivity index is 2.61. The van der Waals surface area contributed by atoms with Crippen LogP contribution in [0.3, 0.4) is 0 Å². The molecule has 0 radical (unpaired) electrons. The van der Waals surface area contributed by atoms with Gasteiger partial charge in [-0.3, -0.25) is 0 Å². The van der Waals surface area contributed by atoms with Gasteiger partial charge in [-0.2, -0.15) is 0 Å². The Morgan fingerprint density at radius 3 is 2.54 bits per heavy atom. The maximum atomic E-state index is 11.2. The number of nitrogen functional groups attached to an aromatic ring is 1. The molecule has 0 aliphatic heterocycles. The minimum atomic E-state index is -0.374. The van der Waals surface area contributed by atoms with E-state index in [4.69, 9.17) is 22.1 Å². The summed E-state index contributed by atoms with van der Waals surface area (Å²) in [6.07, 6.45) is 0. The topological polar surface area (TPSA) is 52.3 Å². The number of anilines is 1. The van der Waals surface area contributed by atoms with E-state index in [1.54, 1.807) is 24.3 Å². The summed E-state index contributed by atoms with van der Waals surface area (Å²) in [5.74, 6) is -0.0681. The molecule has 0 unspecified atom stereocenters. The summed E-state index contributed by atoms with van der Waals surface area (Å²) >= 11 is 5.36. The Bertz CT molecular complexity index is 284. The summed E-state index contributed by atoms with van der Waals surface area (Å²) in [7, 11) is 0. The molecule has 70 valence electrons. The van der Waals surface area contributed by atoms with Gasteiger partial charge in [0.2, 0.25) is 0 Å². The van der Waals surface area contributed by atoms with Crippen LogP contribution in [0.15, 0.2) is 24.3 Å². The van der Waals surface area contributed by atoms with Gasteiger partial charge in [0.05, 0.1) is 11.4 Å². The highest BCUT2D eigenvalue weighted by atomic mass is 35.5. The maximum Gasteiger partial charge on any atom is 0.338 e. The third-order valence-corrected chi connectivity index (χ3v) is 1.61. The lowest BCUT2D eigenvalue weighted by Gasteiger charge is -2.01. The molecular formula is C9H10ClNO2. The standard InChI is InChI=1S/C9H10ClNO2/c10-5-6-13-9(12)7-1-3-8(11)4-2-7/h1-4H,5-6,11H2. The molecule has 0 spiro atoms. The van der Waals surface area contributed by atoms with Gasteiger partial charge in [-0.05, 0) is 24.3 Å². The van der Waals surface area contributed by atoms with Crippen LogP contribution >= 0.6 is 11.6 Å². The predicted octanol–water partition coefficient (Wildman–Crippen LogP) is 1.66. The third kappa shape index (κ3) is 2.95. The number of carbonyl (C=O) groups excluding carboxylic acids is 1. The van der Waals surface area contributed by atoms with Crippen molar-refractivity contribution in [3.8, 4) is 0 Å². The van der Waals surface area contributed by atoms with Crippen LogP contribution in [0.2, 0.25) is 0 Å². The SMILES string of the molecule is Nc1ccc(C(=O)OCCCl)cc1. The van der Waals surface area contributed by atoms with E-state index in [0.29, 0.717) is 17.1 Å². The summed E-state index contributed by atoms with van der Waals surface area (Å²) in [6.45, 7) is 0.227. The van der Waals surface area contributed by atoms with Crippen LogP contribution < -0.4 is 5.73 Å². The Morgan fingerprint density at radius 1 is 1.38 bits per heavy atom. The molecule has 0 saturated carbocycles. The molecule has 0 amide bonds. The van der Waals surface area contributed by atoms with Crippen molar-refractivity contribution in [1.82, 2.24) is 0 Å². The quantitative estimate of drug-likeness (QED) is 0.458. The molecular weight excluding hydrogens is 190 g/mol. The summed E-state index contributed by atoms with van der Waals surface area (Å²) in [5, 5.41) is 0. The fourth-order valence-electron chi connectivity index (χ4n) is 0.834. The van der Waals surface area contributed by atoms with E-state index in [2.05, 4.69) is 0 Å². The van der Waals surface area contributed by atoms with Gasteiger partial charge in [-0.1, -0.05) is 0 Å². The number of rotatable bonds is 3. The lowest BCUT2D eigenvalue weighted by molar-refractivity contribution is 0.0529. The summed E-state index contributed by atoms with van der Waals surface area (Å²) in [6, 6.07) is 6.53. The lowest BCUT2D eigenvalue weighted by atomic mass is 10.2. The fourth-order valence-corrected chi connectivity index (χ4v) is 0.911. The second kappa shape index (κ2) is 4.72. The van der Waals surface area contributed by atoms with Crippen LogP contribution in [0, 0.1) is 0 Å². The van der Waals surface area contributed by atoms with Crippen LogP contribution in [-0.2, 0) is 4.74 Å². The Morgan fingerprint density at radius 2 is 2.00 bits per heavy atom. The molecule has 0 aliphatic rings. The van der Waals surface area contributed by atoms with Gasteiger partial charge in [0, 0.05) is 5.69 Å². The molecule has 0 aliphatic carbocycles. The monoisotopic (exact) mass is 199 g/mol. The fraction of sp³-hybridized carbons (Fsp3) is 0.222. The second-order valence-corrected chi connectivity index (χ2v) is 2.82. The van der Waals surface area contributed by atoms with Crippen molar-refractivity contribution < 1.29 is 9.53 Å². The van der Waals surface area contributed by atoms with Gasteiger partial charge >= 0.3 is 5.97 Å². The molecule has 1 aromatic rings. The number of nitrogens with two attached hydrogens (primary N) is 1. The first-order valence-electron chi connectivity index (χ1n) is 3.82. The predicted molar refractivity (Wildman–Crippen MR) is 51.9 cm³/mol. The third-order valence-electron chi connectivity index (χ3n) is 1.46. The molecule has 0 bridgehead atoms. The van der Waals surface area contributed by atoms with E-state index in [-0.39, 0.29) is 12.6 Å². The van der Waals surface area contributed by atoms with Crippen molar-refractivity contribution in [2.45, 2.75) is 0 Å². The normalized spacial score (nSPS) is 9.62. The Labute approximate surface area is 81.4 Å². The molecule has 0 heterocycles. The van der Waals surface area contributed by atoms with Crippen LogP contribution in [0.4, 0.5) is 5.69 Å². The zero-order valence-electron chi connectivity index (χ0n) is 7.00. The molecule has 0 saturated heterocycles. The second-order valence-electron chi connectivity index (χ2n) is 2.45. The molecule has 0 atom stereocenters. The largest absolute Gasteiger partial charge is 0.461 e. The van der Waals surface area contributed by atoms with Crippen LogP contribution in [0.5, 0.6) is 0 Å². The van der Waals surface area contributed by atoms with Crippen molar-refractivity contribution >= 4 is 23.3 Å². The van der Waals surface area contributed by atoms with E-state index in [9.17, 15) is 4.79 Å². The van der Waals surface area contributed by atoms with E-state index < -0.39 is 0 Å². The zero-order valence-corrected chi connectivity index (χ0v) is 7.75. The number of hydrogen-bond acceptors (Lipinski definition) is 3. The molecule has 0 aromatic heterocycles. The van der Waals surface area contributed by atoms with Gasteiger partial charge in [0.1, 0.15) is 6.61 Å². The van der Waals surface area contributed by atoms with E-state index in [0.717, 1.165) is 0 Å². The van der Waals surface area contributed by atoms with Crippen molar-refractivity contribution in [3.63, 3.8) is 0 Å². The van der Waals surface area contributed by atoms with E-state index >= 15 is 0 Å². The molecule has 13 heavy (non-hydrogen) atoms. The Hall–Kier alpha value is -1.22. The van der Waals surface area contributed by atoms with Crippen LogP contribution in [-0.4, -0.2) is 18.5 Å². The number of carbonyl (C=O) groups is 1. The summed E-state index contributed by atoms with van der Waals surface area (Å²) in [5.41, 5.74) is 6.56. The van der Waals surface area contributed by atoms with Gasteiger partial charge in [0.15, 0.2) is 0 Å². The number of ether oxygens (including phenoxy) is 1. The highest BCUT2D eigenvalue weighted by molar-refractivity contribution is 6.18. The van der Waals surface area contributed by atoms with E-state index in [1.165, 1.54) is 0 Å². The van der Waals surface area contributed by atoms with Crippen molar-refractivity contribution in [2.24, 2.45) is 0 Å².